The molecule has 3 aliphatic rings. The van der Waals surface area contributed by atoms with Gasteiger partial charge in [0.2, 0.25) is 8.32 Å². The van der Waals surface area contributed by atoms with Crippen molar-refractivity contribution >= 4 is 32.3 Å². The first-order valence-electron chi connectivity index (χ1n) is 10.7. The second-order valence-electron chi connectivity index (χ2n) is 9.76. The molecule has 0 aromatic heterocycles. The second-order valence-corrected chi connectivity index (χ2v) is 18.4. The number of allylic oxidation sites excluding steroid dienone is 4. The summed E-state index contributed by atoms with van der Waals surface area (Å²) in [5.41, 5.74) is 8.91. The number of hydrogen-bond donors (Lipinski definition) is 0. The van der Waals surface area contributed by atoms with E-state index in [4.69, 9.17) is 4.43 Å². The van der Waals surface area contributed by atoms with E-state index in [1.54, 1.807) is 15.9 Å². The number of rotatable bonds is 5. The molecule has 0 fully saturated rings. The van der Waals surface area contributed by atoms with Gasteiger partial charge in [-0.2, -0.15) is 0 Å². The normalized spacial score (nSPS) is 21.2. The topological polar surface area (TPSA) is 9.23 Å². The molecule has 3 heteroatoms. The Morgan fingerprint density at radius 1 is 1.07 bits per heavy atom. The summed E-state index contributed by atoms with van der Waals surface area (Å²) in [7, 11) is -3.23. The Hall–Kier alpha value is -1.85. The molecule has 0 amide bonds. The van der Waals surface area contributed by atoms with Crippen LogP contribution in [0.3, 0.4) is 0 Å². The summed E-state index contributed by atoms with van der Waals surface area (Å²) >= 11 is 0. The largest absolute Gasteiger partial charge is 0.543 e. The summed E-state index contributed by atoms with van der Waals surface area (Å²) in [5, 5.41) is 3.50. The maximum absolute atomic E-state index is 6.92. The maximum atomic E-state index is 6.92. The fourth-order valence-corrected chi connectivity index (χ4v) is 11.2. The van der Waals surface area contributed by atoms with E-state index in [0.29, 0.717) is 0 Å². The van der Waals surface area contributed by atoms with Crippen LogP contribution in [0.1, 0.15) is 36.5 Å². The lowest BCUT2D eigenvalue weighted by Gasteiger charge is -2.25. The van der Waals surface area contributed by atoms with Crippen LogP contribution in [0.2, 0.25) is 32.2 Å². The summed E-state index contributed by atoms with van der Waals surface area (Å²) in [4.78, 5) is 0. The first kappa shape index (κ1) is 18.2. The first-order chi connectivity index (χ1) is 13.3. The Balaban J connectivity index is 1.83. The van der Waals surface area contributed by atoms with Crippen LogP contribution in [0.25, 0.3) is 16.7 Å². The third kappa shape index (κ3) is 2.56. The van der Waals surface area contributed by atoms with Gasteiger partial charge in [0.15, 0.2) is 0 Å². The van der Waals surface area contributed by atoms with Gasteiger partial charge in [-0.05, 0) is 71.2 Å². The molecule has 1 nitrogen and oxygen atoms in total. The Bertz CT molecular complexity index is 1060. The third-order valence-electron chi connectivity index (χ3n) is 6.50. The Morgan fingerprint density at radius 2 is 1.86 bits per heavy atom. The minimum atomic E-state index is -1.74. The van der Waals surface area contributed by atoms with E-state index in [1.807, 2.05) is 0 Å². The zero-order valence-electron chi connectivity index (χ0n) is 17.8. The zero-order chi connectivity index (χ0) is 19.7. The molecule has 2 aliphatic carbocycles. The molecule has 2 aromatic carbocycles. The molecule has 5 rings (SSSR count). The van der Waals surface area contributed by atoms with Gasteiger partial charge < -0.3 is 4.43 Å². The van der Waals surface area contributed by atoms with Gasteiger partial charge in [0.25, 0.3) is 0 Å². The predicted octanol–water partition coefficient (Wildman–Crippen LogP) is 5.73. The van der Waals surface area contributed by atoms with Crippen molar-refractivity contribution < 1.29 is 4.43 Å². The monoisotopic (exact) mass is 402 g/mol. The van der Waals surface area contributed by atoms with Crippen LogP contribution in [0.5, 0.6) is 5.75 Å². The molecule has 2 aromatic rings. The lowest BCUT2D eigenvalue weighted by Crippen LogP contribution is -2.31. The van der Waals surface area contributed by atoms with Crippen LogP contribution in [0.4, 0.5) is 0 Å². The average molecular weight is 403 g/mol. The van der Waals surface area contributed by atoms with E-state index in [-0.39, 0.29) is 0 Å². The molecule has 0 saturated heterocycles. The first-order valence-corrected chi connectivity index (χ1v) is 16.8. The quantitative estimate of drug-likeness (QED) is 0.495. The lowest BCUT2D eigenvalue weighted by molar-refractivity contribution is 0.558. The fourth-order valence-electron chi connectivity index (χ4n) is 5.47. The van der Waals surface area contributed by atoms with E-state index < -0.39 is 16.4 Å². The van der Waals surface area contributed by atoms with Gasteiger partial charge in [-0.25, -0.2) is 0 Å². The standard InChI is InChI=1S/C25H30OSi2/c1-6-15-28(5)24-20-16-18-13-9-10-14-19(18)22(20)23(26-27(2,3)4)21(25(24)28)17-11-7-8-12-17/h7-11,13-14H,6,12,15-16H2,1-5H3. The van der Waals surface area contributed by atoms with Crippen molar-refractivity contribution in [2.24, 2.45) is 0 Å². The molecule has 0 radical (unpaired) electrons. The van der Waals surface area contributed by atoms with Gasteiger partial charge in [-0.15, -0.1) is 0 Å². The lowest BCUT2D eigenvalue weighted by atomic mass is 9.96. The highest BCUT2D eigenvalue weighted by Crippen LogP contribution is 2.50. The van der Waals surface area contributed by atoms with E-state index in [2.05, 4.69) is 75.6 Å². The Kier molecular flexibility index (Phi) is 3.95. The molecule has 1 atom stereocenters. The molecular weight excluding hydrogens is 372 g/mol. The summed E-state index contributed by atoms with van der Waals surface area (Å²) < 4.78 is 6.92. The SMILES string of the molecule is CCC[Si]1(C)c2c3c(c(O[Si](C)(C)C)c(C4=CC=CC4)c21)-c1ccccc1C3. The average Bonchev–Trinajstić information content (AvgIpc) is 3.02. The summed E-state index contributed by atoms with van der Waals surface area (Å²) in [6.45, 7) is 11.9. The smallest absolute Gasteiger partial charge is 0.242 e. The van der Waals surface area contributed by atoms with Crippen molar-refractivity contribution in [1.29, 1.82) is 0 Å². The van der Waals surface area contributed by atoms with Crippen LogP contribution in [-0.2, 0) is 6.42 Å². The molecule has 28 heavy (non-hydrogen) atoms. The molecule has 0 bridgehead atoms. The number of benzene rings is 2. The van der Waals surface area contributed by atoms with Crippen molar-refractivity contribution in [3.8, 4) is 16.9 Å². The summed E-state index contributed by atoms with van der Waals surface area (Å²) in [6, 6.07) is 10.4. The molecule has 0 N–H and O–H groups in total. The minimum Gasteiger partial charge on any atom is -0.543 e. The van der Waals surface area contributed by atoms with E-state index >= 15 is 0 Å². The van der Waals surface area contributed by atoms with E-state index in [9.17, 15) is 0 Å². The Morgan fingerprint density at radius 3 is 2.54 bits per heavy atom. The van der Waals surface area contributed by atoms with Gasteiger partial charge in [0, 0.05) is 11.1 Å². The zero-order valence-corrected chi connectivity index (χ0v) is 19.8. The van der Waals surface area contributed by atoms with Crippen LogP contribution in [0, 0.1) is 0 Å². The van der Waals surface area contributed by atoms with Crippen LogP contribution < -0.4 is 14.8 Å². The van der Waals surface area contributed by atoms with Gasteiger partial charge in [0.1, 0.15) is 13.8 Å². The van der Waals surface area contributed by atoms with Crippen molar-refractivity contribution in [3.63, 3.8) is 0 Å². The fraction of sp³-hybridized carbons (Fsp3) is 0.360. The molecule has 0 spiro atoms. The van der Waals surface area contributed by atoms with E-state index in [1.165, 1.54) is 46.0 Å². The van der Waals surface area contributed by atoms with Crippen molar-refractivity contribution in [2.45, 2.75) is 58.4 Å². The highest BCUT2D eigenvalue weighted by Gasteiger charge is 2.55. The van der Waals surface area contributed by atoms with Crippen molar-refractivity contribution in [1.82, 2.24) is 0 Å². The number of hydrogen-bond acceptors (Lipinski definition) is 1. The highest BCUT2D eigenvalue weighted by atomic mass is 28.4. The third-order valence-corrected chi connectivity index (χ3v) is 11.8. The predicted molar refractivity (Wildman–Crippen MR) is 126 cm³/mol. The maximum Gasteiger partial charge on any atom is 0.242 e. The number of fused-ring (bicyclic) bond motifs is 5. The van der Waals surface area contributed by atoms with Gasteiger partial charge in [0.05, 0.1) is 0 Å². The summed E-state index contributed by atoms with van der Waals surface area (Å²) in [6.07, 6.45) is 10.3. The summed E-state index contributed by atoms with van der Waals surface area (Å²) in [5.74, 6) is 1.22. The molecular formula is C25H30OSi2. The van der Waals surface area contributed by atoms with Crippen LogP contribution in [0.15, 0.2) is 42.5 Å². The Labute approximate surface area is 171 Å². The molecule has 1 aliphatic heterocycles. The minimum absolute atomic E-state index is 1.05. The van der Waals surface area contributed by atoms with Gasteiger partial charge in [-0.3, -0.25) is 0 Å². The van der Waals surface area contributed by atoms with Gasteiger partial charge >= 0.3 is 0 Å². The molecule has 0 saturated carbocycles. The second kappa shape index (κ2) is 6.07. The molecule has 1 unspecified atom stereocenters. The van der Waals surface area contributed by atoms with E-state index in [0.717, 1.165) is 12.8 Å². The van der Waals surface area contributed by atoms with Gasteiger partial charge in [-0.1, -0.05) is 62.4 Å². The molecule has 144 valence electrons. The van der Waals surface area contributed by atoms with Crippen molar-refractivity contribution in [2.75, 3.05) is 0 Å². The van der Waals surface area contributed by atoms with Crippen LogP contribution in [-0.4, -0.2) is 16.4 Å². The molecule has 1 heterocycles. The van der Waals surface area contributed by atoms with Crippen molar-refractivity contribution in [3.05, 3.63) is 59.2 Å². The highest BCUT2D eigenvalue weighted by molar-refractivity contribution is 7.17. The van der Waals surface area contributed by atoms with Crippen LogP contribution >= 0.6 is 0 Å².